The highest BCUT2D eigenvalue weighted by Crippen LogP contribution is 2.44. The Morgan fingerprint density at radius 2 is 0.820 bits per heavy atom. The molecule has 282 valence electrons. The molecule has 0 N–H and O–H groups in total. The number of para-hydroxylation sites is 5. The Morgan fingerprint density at radius 3 is 1.33 bits per heavy atom. The van der Waals surface area contributed by atoms with Gasteiger partial charge < -0.3 is 14.0 Å². The molecule has 0 unspecified atom stereocenters. The molecule has 0 aliphatic rings. The van der Waals surface area contributed by atoms with E-state index < -0.39 is 0 Å². The Kier molecular flexibility index (Phi) is 7.59. The van der Waals surface area contributed by atoms with Crippen molar-refractivity contribution in [2.24, 2.45) is 0 Å². The predicted molar refractivity (Wildman–Crippen MR) is 253 cm³/mol. The van der Waals surface area contributed by atoms with Crippen molar-refractivity contribution in [3.05, 3.63) is 217 Å². The zero-order chi connectivity index (χ0) is 40.6. The molecule has 10 aromatic carbocycles. The number of nitrogens with zero attached hydrogens (tertiary/aromatic N) is 5. The van der Waals surface area contributed by atoms with E-state index in [1.165, 1.54) is 10.8 Å². The van der Waals surface area contributed by atoms with Crippen molar-refractivity contribution in [1.29, 1.82) is 5.26 Å². The Bertz CT molecular complexity index is 3750. The summed E-state index contributed by atoms with van der Waals surface area (Å²) in [4.78, 5) is 6.14. The lowest BCUT2D eigenvalue weighted by atomic mass is 9.92. The molecule has 12 rings (SSSR count). The summed E-state index contributed by atoms with van der Waals surface area (Å²) in [5.74, 6) is 0. The first kappa shape index (κ1) is 34.4. The van der Waals surface area contributed by atoms with Gasteiger partial charge in [-0.05, 0) is 129 Å². The second-order valence-corrected chi connectivity index (χ2v) is 15.5. The highest BCUT2D eigenvalue weighted by Gasteiger charge is 2.20. The Hall–Kier alpha value is -8.64. The van der Waals surface area contributed by atoms with Crippen molar-refractivity contribution in [2.75, 3.05) is 4.90 Å². The van der Waals surface area contributed by atoms with Crippen molar-refractivity contribution in [3.63, 3.8) is 0 Å². The van der Waals surface area contributed by atoms with Crippen LogP contribution in [0.2, 0.25) is 0 Å². The maximum atomic E-state index is 10.3. The highest BCUT2D eigenvalue weighted by molar-refractivity contribution is 6.27. The van der Waals surface area contributed by atoms with Crippen LogP contribution in [0.5, 0.6) is 0 Å². The van der Waals surface area contributed by atoms with Gasteiger partial charge >= 0.3 is 0 Å². The van der Waals surface area contributed by atoms with Gasteiger partial charge in [0.2, 0.25) is 5.69 Å². The van der Waals surface area contributed by atoms with Crippen LogP contribution < -0.4 is 4.90 Å². The lowest BCUT2D eigenvalue weighted by Gasteiger charge is -2.25. The number of hydrogen-bond acceptors (Lipinski definition) is 2. The van der Waals surface area contributed by atoms with E-state index in [0.717, 1.165) is 93.6 Å². The van der Waals surface area contributed by atoms with Crippen LogP contribution in [0.3, 0.4) is 0 Å². The lowest BCUT2D eigenvalue weighted by molar-refractivity contribution is 1.18. The van der Waals surface area contributed by atoms with Crippen molar-refractivity contribution >= 4 is 98.7 Å². The summed E-state index contributed by atoms with van der Waals surface area (Å²) in [5.41, 5.74) is 10.5. The molecule has 0 aliphatic heterocycles. The van der Waals surface area contributed by atoms with Gasteiger partial charge in [-0.3, -0.25) is 0 Å². The second kappa shape index (κ2) is 13.5. The molecular weight excluding hydrogens is 743 g/mol. The molecule has 0 saturated heterocycles. The SMILES string of the molecule is [C-]#[N+]c1cc2c3cc(-n4c5ccccc5c5cc(N(c6ccccc6)c6ccccc6)ccc54)ccc3c3ccc(-n4c5ccccc5c5ccccc54)cc3c2cc1C#N. The molecule has 0 bridgehead atoms. The van der Waals surface area contributed by atoms with Crippen LogP contribution >= 0.6 is 0 Å². The summed E-state index contributed by atoms with van der Waals surface area (Å²) in [6.07, 6.45) is 0. The normalized spacial score (nSPS) is 11.6. The first-order valence-corrected chi connectivity index (χ1v) is 20.4. The van der Waals surface area contributed by atoms with E-state index >= 15 is 0 Å². The van der Waals surface area contributed by atoms with Crippen LogP contribution in [0.15, 0.2) is 200 Å². The molecule has 0 amide bonds. The third-order valence-corrected chi connectivity index (χ3v) is 12.3. The molecule has 0 spiro atoms. The van der Waals surface area contributed by atoms with Crippen LogP contribution in [0.1, 0.15) is 5.56 Å². The summed E-state index contributed by atoms with van der Waals surface area (Å²) in [5, 5.41) is 21.1. The molecule has 2 aromatic heterocycles. The number of anilines is 3. The molecule has 0 saturated carbocycles. The summed E-state index contributed by atoms with van der Waals surface area (Å²) >= 11 is 0. The van der Waals surface area contributed by atoms with Gasteiger partial charge in [-0.15, -0.1) is 0 Å². The number of benzene rings is 10. The highest BCUT2D eigenvalue weighted by atomic mass is 15.1. The smallest absolute Gasteiger partial charge is 0.205 e. The van der Waals surface area contributed by atoms with Gasteiger partial charge in [0.15, 0.2) is 0 Å². The van der Waals surface area contributed by atoms with Crippen LogP contribution in [-0.2, 0) is 0 Å². The fourth-order valence-corrected chi connectivity index (χ4v) is 9.65. The number of aromatic nitrogens is 2. The number of nitriles is 1. The van der Waals surface area contributed by atoms with Crippen molar-refractivity contribution in [1.82, 2.24) is 9.13 Å². The largest absolute Gasteiger partial charge is 0.310 e. The molecule has 0 radical (unpaired) electrons. The summed E-state index contributed by atoms with van der Waals surface area (Å²) in [6, 6.07) is 73.0. The van der Waals surface area contributed by atoms with Crippen LogP contribution in [0.25, 0.3) is 92.1 Å². The topological polar surface area (TPSA) is 41.2 Å². The van der Waals surface area contributed by atoms with E-state index in [-0.39, 0.29) is 0 Å². The third kappa shape index (κ3) is 5.18. The van der Waals surface area contributed by atoms with Gasteiger partial charge in [0.05, 0.1) is 40.3 Å². The van der Waals surface area contributed by atoms with E-state index in [9.17, 15) is 5.26 Å². The summed E-state index contributed by atoms with van der Waals surface area (Å²) in [7, 11) is 0. The lowest BCUT2D eigenvalue weighted by Crippen LogP contribution is -2.09. The Labute approximate surface area is 351 Å². The van der Waals surface area contributed by atoms with Crippen LogP contribution in [0.4, 0.5) is 22.7 Å². The molecule has 0 atom stereocenters. The minimum absolute atomic E-state index is 0.352. The fourth-order valence-electron chi connectivity index (χ4n) is 9.65. The van der Waals surface area contributed by atoms with Crippen molar-refractivity contribution < 1.29 is 0 Å². The van der Waals surface area contributed by atoms with E-state index in [4.69, 9.17) is 6.57 Å². The fraction of sp³-hybridized carbons (Fsp3) is 0. The number of rotatable bonds is 5. The van der Waals surface area contributed by atoms with Crippen LogP contribution in [-0.4, -0.2) is 9.13 Å². The predicted octanol–water partition coefficient (Wildman–Crippen LogP) is 15.2. The van der Waals surface area contributed by atoms with E-state index in [1.807, 2.05) is 24.3 Å². The molecule has 5 heteroatoms. The third-order valence-electron chi connectivity index (χ3n) is 12.3. The zero-order valence-corrected chi connectivity index (χ0v) is 32.8. The van der Waals surface area contributed by atoms with Gasteiger partial charge in [-0.25, -0.2) is 4.85 Å². The molecule has 2 heterocycles. The standard InChI is InChI=1S/C56H33N5/c1-58-52-34-50-47(30-36(52)35-57)48-31-40(60-53-21-11-8-18-44(53)45-19-9-12-22-54(45)60)24-27-42(48)43-28-25-41(32-49(43)50)61-55-23-13-10-20-46(55)51-33-39(26-29-56(51)61)59(37-14-4-2-5-15-37)38-16-6-3-7-17-38/h2-34H. The molecule has 5 nitrogen and oxygen atoms in total. The molecule has 61 heavy (non-hydrogen) atoms. The quantitative estimate of drug-likeness (QED) is 0.129. The number of fused-ring (bicyclic) bond motifs is 12. The molecular formula is C56H33N5. The van der Waals surface area contributed by atoms with Gasteiger partial charge in [0.25, 0.3) is 0 Å². The van der Waals surface area contributed by atoms with Crippen LogP contribution in [0, 0.1) is 17.9 Å². The summed E-state index contributed by atoms with van der Waals surface area (Å²) in [6.45, 7) is 8.07. The first-order chi connectivity index (χ1) is 30.2. The zero-order valence-electron chi connectivity index (χ0n) is 32.8. The Balaban J connectivity index is 1.10. The monoisotopic (exact) mass is 775 g/mol. The Morgan fingerprint density at radius 1 is 0.377 bits per heavy atom. The number of hydrogen-bond donors (Lipinski definition) is 0. The average Bonchev–Trinajstić information content (AvgIpc) is 3.84. The maximum absolute atomic E-state index is 10.3. The molecule has 0 aliphatic carbocycles. The van der Waals surface area contributed by atoms with E-state index in [0.29, 0.717) is 11.3 Å². The minimum atomic E-state index is 0.352. The van der Waals surface area contributed by atoms with Gasteiger partial charge in [0.1, 0.15) is 0 Å². The second-order valence-electron chi connectivity index (χ2n) is 15.5. The van der Waals surface area contributed by atoms with Crippen molar-refractivity contribution in [3.8, 4) is 17.4 Å². The maximum Gasteiger partial charge on any atom is 0.205 e. The van der Waals surface area contributed by atoms with Crippen molar-refractivity contribution in [2.45, 2.75) is 0 Å². The first-order valence-electron chi connectivity index (χ1n) is 20.4. The van der Waals surface area contributed by atoms with E-state index in [1.54, 1.807) is 0 Å². The average molecular weight is 776 g/mol. The summed E-state index contributed by atoms with van der Waals surface area (Å²) < 4.78 is 4.68. The molecule has 0 fully saturated rings. The van der Waals surface area contributed by atoms with E-state index in [2.05, 4.69) is 201 Å². The minimum Gasteiger partial charge on any atom is -0.310 e. The van der Waals surface area contributed by atoms with Gasteiger partial charge in [-0.1, -0.05) is 103 Å². The molecule has 12 aromatic rings. The van der Waals surface area contributed by atoms with Gasteiger partial charge in [-0.2, -0.15) is 5.26 Å². The van der Waals surface area contributed by atoms with Gasteiger partial charge in [0, 0.05) is 50.0 Å².